The molecule has 0 atom stereocenters. The van der Waals surface area contributed by atoms with Crippen molar-refractivity contribution in [3.63, 3.8) is 0 Å². The van der Waals surface area contributed by atoms with Crippen molar-refractivity contribution in [2.45, 2.75) is 51.7 Å². The van der Waals surface area contributed by atoms with Crippen molar-refractivity contribution < 1.29 is 9.31 Å². The highest BCUT2D eigenvalue weighted by Gasteiger charge is 2.51. The molecule has 3 nitrogen and oxygen atoms in total. The fourth-order valence-corrected chi connectivity index (χ4v) is 5.11. The predicted octanol–water partition coefficient (Wildman–Crippen LogP) is 6.56. The third kappa shape index (κ3) is 3.36. The summed E-state index contributed by atoms with van der Waals surface area (Å²) in [4.78, 5) is 0. The van der Waals surface area contributed by atoms with Crippen molar-refractivity contribution >= 4 is 29.6 Å². The lowest BCUT2D eigenvalue weighted by Crippen LogP contribution is -2.41. The van der Waals surface area contributed by atoms with Crippen LogP contribution in [0.15, 0.2) is 78.9 Å². The SMILES string of the molecule is CC1(C)OB(c2ccc3c4c(n(-c5cccc(-c6ccccc6)c5)c3c2)C=CCC4)OC1(C)C. The first-order valence-corrected chi connectivity index (χ1v) is 12.2. The second-order valence-corrected chi connectivity index (χ2v) is 10.4. The van der Waals surface area contributed by atoms with E-state index in [2.05, 4.69) is 117 Å². The topological polar surface area (TPSA) is 23.4 Å². The van der Waals surface area contributed by atoms with Crippen LogP contribution in [0, 0.1) is 0 Å². The lowest BCUT2D eigenvalue weighted by molar-refractivity contribution is 0.00578. The summed E-state index contributed by atoms with van der Waals surface area (Å²) >= 11 is 0. The summed E-state index contributed by atoms with van der Waals surface area (Å²) in [6.07, 6.45) is 6.70. The number of nitrogens with zero attached hydrogens (tertiary/aromatic N) is 1. The number of hydrogen-bond donors (Lipinski definition) is 0. The monoisotopic (exact) mass is 447 g/mol. The van der Waals surface area contributed by atoms with Gasteiger partial charge in [-0.05, 0) is 87.0 Å². The molecule has 2 heterocycles. The first-order chi connectivity index (χ1) is 16.3. The van der Waals surface area contributed by atoms with Gasteiger partial charge in [0.25, 0.3) is 0 Å². The Morgan fingerprint density at radius 1 is 0.794 bits per heavy atom. The minimum Gasteiger partial charge on any atom is -0.399 e. The van der Waals surface area contributed by atoms with Gasteiger partial charge in [-0.25, -0.2) is 0 Å². The minimum atomic E-state index is -0.374. The molecule has 0 radical (unpaired) electrons. The molecule has 0 bridgehead atoms. The van der Waals surface area contributed by atoms with Crippen molar-refractivity contribution in [1.82, 2.24) is 4.57 Å². The van der Waals surface area contributed by atoms with E-state index in [-0.39, 0.29) is 18.3 Å². The van der Waals surface area contributed by atoms with Crippen LogP contribution in [-0.2, 0) is 15.7 Å². The first-order valence-electron chi connectivity index (χ1n) is 12.2. The van der Waals surface area contributed by atoms with E-state index in [1.807, 2.05) is 0 Å². The van der Waals surface area contributed by atoms with Gasteiger partial charge < -0.3 is 13.9 Å². The van der Waals surface area contributed by atoms with Crippen LogP contribution < -0.4 is 5.46 Å². The molecule has 0 unspecified atom stereocenters. The maximum Gasteiger partial charge on any atom is 0.494 e. The predicted molar refractivity (Wildman–Crippen MR) is 142 cm³/mol. The number of benzene rings is 3. The maximum atomic E-state index is 6.38. The molecule has 1 aliphatic carbocycles. The fraction of sp³-hybridized carbons (Fsp3) is 0.267. The average Bonchev–Trinajstić information content (AvgIpc) is 3.29. The number of allylic oxidation sites excluding steroid dienone is 1. The Kier molecular flexibility index (Phi) is 4.88. The van der Waals surface area contributed by atoms with E-state index in [9.17, 15) is 0 Å². The molecule has 4 heteroatoms. The smallest absolute Gasteiger partial charge is 0.399 e. The molecule has 2 aliphatic rings. The van der Waals surface area contributed by atoms with E-state index in [0.717, 1.165) is 18.3 Å². The summed E-state index contributed by atoms with van der Waals surface area (Å²) in [5.41, 5.74) is 7.85. The normalized spacial score (nSPS) is 18.4. The summed E-state index contributed by atoms with van der Waals surface area (Å²) in [6.45, 7) is 8.42. The molecule has 1 aliphatic heterocycles. The summed E-state index contributed by atoms with van der Waals surface area (Å²) < 4.78 is 15.2. The van der Waals surface area contributed by atoms with Crippen molar-refractivity contribution in [3.8, 4) is 16.8 Å². The van der Waals surface area contributed by atoms with E-state index in [1.165, 1.54) is 39.0 Å². The van der Waals surface area contributed by atoms with Crippen molar-refractivity contribution in [3.05, 3.63) is 90.1 Å². The van der Waals surface area contributed by atoms with Gasteiger partial charge >= 0.3 is 7.12 Å². The molecular formula is C30H30BNO2. The van der Waals surface area contributed by atoms with Gasteiger partial charge in [-0.15, -0.1) is 0 Å². The number of aryl methyl sites for hydroxylation is 1. The standard InChI is InChI=1S/C30H30BNO2/c1-29(2)30(3,4)34-31(33-29)23-17-18-26-25-15-8-9-16-27(25)32(28(26)20-23)24-14-10-13-22(19-24)21-11-6-5-7-12-21/h5-7,9-14,16-20H,8,15H2,1-4H3. The zero-order chi connectivity index (χ0) is 23.5. The Bertz CT molecular complexity index is 1400. The fourth-order valence-electron chi connectivity index (χ4n) is 5.11. The maximum absolute atomic E-state index is 6.38. The number of rotatable bonds is 3. The quantitative estimate of drug-likeness (QED) is 0.332. The minimum absolute atomic E-state index is 0.361. The van der Waals surface area contributed by atoms with E-state index in [1.54, 1.807) is 0 Å². The van der Waals surface area contributed by atoms with Crippen LogP contribution in [0.5, 0.6) is 0 Å². The van der Waals surface area contributed by atoms with Crippen molar-refractivity contribution in [2.24, 2.45) is 0 Å². The Balaban J connectivity index is 1.52. The van der Waals surface area contributed by atoms with Gasteiger partial charge in [0.05, 0.1) is 16.7 Å². The summed E-state index contributed by atoms with van der Waals surface area (Å²) in [5, 5.41) is 1.31. The van der Waals surface area contributed by atoms with Gasteiger partial charge in [-0.2, -0.15) is 0 Å². The Labute approximate surface area is 202 Å². The van der Waals surface area contributed by atoms with E-state index >= 15 is 0 Å². The highest BCUT2D eigenvalue weighted by Crippen LogP contribution is 2.38. The number of fused-ring (bicyclic) bond motifs is 3. The first kappa shape index (κ1) is 21.5. The zero-order valence-corrected chi connectivity index (χ0v) is 20.3. The third-order valence-electron chi connectivity index (χ3n) is 7.71. The molecule has 34 heavy (non-hydrogen) atoms. The third-order valence-corrected chi connectivity index (χ3v) is 7.71. The van der Waals surface area contributed by atoms with Crippen molar-refractivity contribution in [1.29, 1.82) is 0 Å². The summed E-state index contributed by atoms with van der Waals surface area (Å²) in [6, 6.07) is 26.1. The lowest BCUT2D eigenvalue weighted by Gasteiger charge is -2.32. The van der Waals surface area contributed by atoms with Gasteiger partial charge in [0.15, 0.2) is 0 Å². The highest BCUT2D eigenvalue weighted by atomic mass is 16.7. The number of hydrogen-bond acceptors (Lipinski definition) is 2. The molecule has 1 fully saturated rings. The Morgan fingerprint density at radius 2 is 1.53 bits per heavy atom. The van der Waals surface area contributed by atoms with Crippen LogP contribution in [0.1, 0.15) is 45.4 Å². The summed E-state index contributed by atoms with van der Waals surface area (Å²) in [7, 11) is -0.374. The molecule has 170 valence electrons. The van der Waals surface area contributed by atoms with Crippen LogP contribution in [0.2, 0.25) is 0 Å². The van der Waals surface area contributed by atoms with Gasteiger partial charge in [-0.1, -0.05) is 60.7 Å². The van der Waals surface area contributed by atoms with Crippen LogP contribution in [0.25, 0.3) is 33.8 Å². The lowest BCUT2D eigenvalue weighted by atomic mass is 9.78. The molecule has 1 aromatic heterocycles. The second kappa shape index (κ2) is 7.73. The average molecular weight is 447 g/mol. The largest absolute Gasteiger partial charge is 0.494 e. The van der Waals surface area contributed by atoms with Gasteiger partial charge in [0.2, 0.25) is 0 Å². The van der Waals surface area contributed by atoms with Gasteiger partial charge in [-0.3, -0.25) is 0 Å². The molecule has 4 aromatic rings. The van der Waals surface area contributed by atoms with Crippen LogP contribution in [-0.4, -0.2) is 22.9 Å². The van der Waals surface area contributed by atoms with Gasteiger partial charge in [0.1, 0.15) is 0 Å². The summed E-state index contributed by atoms with van der Waals surface area (Å²) in [5.74, 6) is 0. The van der Waals surface area contributed by atoms with E-state index in [4.69, 9.17) is 9.31 Å². The van der Waals surface area contributed by atoms with Gasteiger partial charge in [0, 0.05) is 16.8 Å². The molecule has 1 saturated heterocycles. The zero-order valence-electron chi connectivity index (χ0n) is 20.3. The van der Waals surface area contributed by atoms with Crippen LogP contribution >= 0.6 is 0 Å². The Morgan fingerprint density at radius 3 is 2.29 bits per heavy atom. The highest BCUT2D eigenvalue weighted by molar-refractivity contribution is 6.62. The molecule has 3 aromatic carbocycles. The molecular weight excluding hydrogens is 417 g/mol. The second-order valence-electron chi connectivity index (χ2n) is 10.4. The molecule has 0 N–H and O–H groups in total. The van der Waals surface area contributed by atoms with Crippen LogP contribution in [0.3, 0.4) is 0 Å². The molecule has 6 rings (SSSR count). The molecule has 0 saturated carbocycles. The van der Waals surface area contributed by atoms with E-state index < -0.39 is 0 Å². The van der Waals surface area contributed by atoms with Crippen molar-refractivity contribution in [2.75, 3.05) is 0 Å². The Hall–Kier alpha value is -3.08. The molecule has 0 spiro atoms. The molecule has 0 amide bonds. The number of aromatic nitrogens is 1. The van der Waals surface area contributed by atoms with Crippen LogP contribution in [0.4, 0.5) is 0 Å². The van der Waals surface area contributed by atoms with E-state index in [0.29, 0.717) is 0 Å².